The van der Waals surface area contributed by atoms with E-state index in [9.17, 15) is 9.59 Å². The van der Waals surface area contributed by atoms with Gasteiger partial charge in [-0.2, -0.15) is 0 Å². The zero-order valence-electron chi connectivity index (χ0n) is 14.8. The van der Waals surface area contributed by atoms with E-state index >= 15 is 0 Å². The van der Waals surface area contributed by atoms with E-state index in [0.29, 0.717) is 17.2 Å². The number of hydrogen-bond donors (Lipinski definition) is 2. The van der Waals surface area contributed by atoms with Gasteiger partial charge in [0.25, 0.3) is 0 Å². The molecule has 2 rings (SSSR count). The van der Waals surface area contributed by atoms with Crippen molar-refractivity contribution in [1.29, 1.82) is 0 Å². The zero-order chi connectivity index (χ0) is 18.7. The monoisotopic (exact) mass is 351 g/mol. The zero-order valence-corrected chi connectivity index (χ0v) is 14.8. The maximum absolute atomic E-state index is 11.8. The summed E-state index contributed by atoms with van der Waals surface area (Å²) in [6.07, 6.45) is 5.95. The van der Waals surface area contributed by atoms with Crippen molar-refractivity contribution in [2.45, 2.75) is 19.3 Å². The molecule has 7 heteroatoms. The maximum Gasteiger partial charge on any atom is 0.328 e. The molecular weight excluding hydrogens is 326 g/mol. The van der Waals surface area contributed by atoms with Crippen LogP contribution in [-0.2, 0) is 4.79 Å². The largest absolute Gasteiger partial charge is 0.493 e. The van der Waals surface area contributed by atoms with Crippen LogP contribution in [0.5, 0.6) is 17.2 Å². The molecule has 0 amide bonds. The minimum Gasteiger partial charge on any atom is -0.493 e. The van der Waals surface area contributed by atoms with Crippen LogP contribution < -0.4 is 19.5 Å². The van der Waals surface area contributed by atoms with Crippen molar-refractivity contribution in [2.75, 3.05) is 34.4 Å². The number of carboxylic acid groups (broad SMARTS) is 1. The van der Waals surface area contributed by atoms with Crippen LogP contribution in [-0.4, -0.2) is 51.3 Å². The number of allylic oxidation sites excluding steroid dienone is 1. The average Bonchev–Trinajstić information content (AvgIpc) is 2.66. The van der Waals surface area contributed by atoms with E-state index in [-0.39, 0.29) is 5.56 Å². The summed E-state index contributed by atoms with van der Waals surface area (Å²) in [4.78, 5) is 22.2. The Bertz CT molecular complexity index is 571. The minimum atomic E-state index is -1.19. The summed E-state index contributed by atoms with van der Waals surface area (Å²) in [5, 5.41) is 11.8. The summed E-state index contributed by atoms with van der Waals surface area (Å²) in [6, 6.07) is 2.91. The Balaban J connectivity index is 0.000000435. The third kappa shape index (κ3) is 6.84. The first-order chi connectivity index (χ1) is 12.0. The Hall–Kier alpha value is -2.54. The summed E-state index contributed by atoms with van der Waals surface area (Å²) >= 11 is 0. The van der Waals surface area contributed by atoms with Crippen LogP contribution in [0, 0.1) is 0 Å². The lowest BCUT2D eigenvalue weighted by Crippen LogP contribution is -2.21. The molecule has 7 nitrogen and oxygen atoms in total. The average molecular weight is 351 g/mol. The molecule has 1 aromatic carbocycles. The number of ether oxygens (including phenoxy) is 3. The second-order valence-electron chi connectivity index (χ2n) is 5.26. The molecule has 0 radical (unpaired) electrons. The second kappa shape index (κ2) is 11.1. The molecule has 0 spiro atoms. The number of hydrogen-bond acceptors (Lipinski definition) is 6. The quantitative estimate of drug-likeness (QED) is 0.600. The first-order valence-electron chi connectivity index (χ1n) is 7.99. The van der Waals surface area contributed by atoms with Crippen molar-refractivity contribution in [3.8, 4) is 17.2 Å². The van der Waals surface area contributed by atoms with Gasteiger partial charge in [-0.1, -0.05) is 6.42 Å². The van der Waals surface area contributed by atoms with E-state index in [1.807, 2.05) is 0 Å². The number of rotatable bonds is 6. The van der Waals surface area contributed by atoms with Crippen LogP contribution in [0.1, 0.15) is 29.6 Å². The highest BCUT2D eigenvalue weighted by atomic mass is 16.5. The van der Waals surface area contributed by atoms with Crippen molar-refractivity contribution < 1.29 is 28.9 Å². The Morgan fingerprint density at radius 3 is 1.84 bits per heavy atom. The standard InChI is InChI=1S/C13H14O6.C5H11N/c1-17-10-6-8(9(14)4-5-12(15)16)7-11(18-2)13(10)19-3;1-2-4-6-5-3-1/h4-7H,1-3H3,(H,15,16);6H,1-5H2/b5-4+;. The molecule has 138 valence electrons. The van der Waals surface area contributed by atoms with Crippen molar-refractivity contribution in [3.05, 3.63) is 29.8 Å². The van der Waals surface area contributed by atoms with Gasteiger partial charge >= 0.3 is 5.97 Å². The molecule has 0 unspecified atom stereocenters. The molecule has 0 saturated carbocycles. The molecule has 0 aromatic heterocycles. The fourth-order valence-corrected chi connectivity index (χ4v) is 2.27. The Morgan fingerprint density at radius 1 is 0.960 bits per heavy atom. The molecule has 0 aliphatic carbocycles. The lowest BCUT2D eigenvalue weighted by atomic mass is 10.1. The van der Waals surface area contributed by atoms with Crippen LogP contribution in [0.15, 0.2) is 24.3 Å². The van der Waals surface area contributed by atoms with E-state index < -0.39 is 11.8 Å². The van der Waals surface area contributed by atoms with Gasteiger partial charge in [-0.25, -0.2) is 4.79 Å². The predicted molar refractivity (Wildman–Crippen MR) is 93.9 cm³/mol. The lowest BCUT2D eigenvalue weighted by molar-refractivity contribution is -0.131. The van der Waals surface area contributed by atoms with Gasteiger partial charge in [0.1, 0.15) is 0 Å². The third-order valence-electron chi connectivity index (χ3n) is 3.53. The molecule has 1 aromatic rings. The maximum atomic E-state index is 11.8. The van der Waals surface area contributed by atoms with Gasteiger partial charge in [-0.15, -0.1) is 0 Å². The molecule has 1 heterocycles. The molecule has 1 aliphatic rings. The van der Waals surface area contributed by atoms with Crippen molar-refractivity contribution in [3.63, 3.8) is 0 Å². The van der Waals surface area contributed by atoms with Crippen molar-refractivity contribution in [2.24, 2.45) is 0 Å². The molecule has 2 N–H and O–H groups in total. The highest BCUT2D eigenvalue weighted by Crippen LogP contribution is 2.38. The van der Waals surface area contributed by atoms with Crippen LogP contribution in [0.25, 0.3) is 0 Å². The number of nitrogens with one attached hydrogen (secondary N) is 1. The number of aliphatic carboxylic acids is 1. The van der Waals surface area contributed by atoms with Crippen LogP contribution in [0.3, 0.4) is 0 Å². The molecule has 1 fully saturated rings. The fourth-order valence-electron chi connectivity index (χ4n) is 2.27. The number of ketones is 1. The SMILES string of the molecule is C1CCNCC1.COc1cc(C(=O)/C=C/C(=O)O)cc(OC)c1OC. The summed E-state index contributed by atoms with van der Waals surface area (Å²) in [5.74, 6) is -0.644. The normalized spacial score (nSPS) is 13.6. The number of methoxy groups -OCH3 is 3. The van der Waals surface area contributed by atoms with Crippen molar-refractivity contribution in [1.82, 2.24) is 5.32 Å². The topological polar surface area (TPSA) is 94.1 Å². The van der Waals surface area contributed by atoms with Crippen molar-refractivity contribution >= 4 is 11.8 Å². The molecule has 1 saturated heterocycles. The fraction of sp³-hybridized carbons (Fsp3) is 0.444. The van der Waals surface area contributed by atoms with Gasteiger partial charge in [0.15, 0.2) is 17.3 Å². The predicted octanol–water partition coefficient (Wildman–Crippen LogP) is 2.30. The van der Waals surface area contributed by atoms with Gasteiger partial charge in [0.05, 0.1) is 21.3 Å². The van der Waals surface area contributed by atoms with Gasteiger partial charge in [-0.3, -0.25) is 4.79 Å². The molecule has 0 atom stereocenters. The smallest absolute Gasteiger partial charge is 0.328 e. The number of carbonyl (C=O) groups is 2. The molecule has 25 heavy (non-hydrogen) atoms. The van der Waals surface area contributed by atoms with E-state index in [4.69, 9.17) is 19.3 Å². The van der Waals surface area contributed by atoms with Crippen LogP contribution in [0.2, 0.25) is 0 Å². The highest BCUT2D eigenvalue weighted by molar-refractivity contribution is 6.07. The van der Waals surface area contributed by atoms with E-state index in [1.54, 1.807) is 0 Å². The highest BCUT2D eigenvalue weighted by Gasteiger charge is 2.15. The molecular formula is C18H25NO6. The number of carbonyl (C=O) groups excluding carboxylic acids is 1. The van der Waals surface area contributed by atoms with Gasteiger partial charge in [-0.05, 0) is 44.1 Å². The number of piperidine rings is 1. The Labute approximate surface area is 147 Å². The van der Waals surface area contributed by atoms with E-state index in [1.165, 1.54) is 65.8 Å². The van der Waals surface area contributed by atoms with Crippen LogP contribution >= 0.6 is 0 Å². The van der Waals surface area contributed by atoms with Gasteiger partial charge in [0.2, 0.25) is 5.75 Å². The summed E-state index contributed by atoms with van der Waals surface area (Å²) in [6.45, 7) is 2.50. The minimum absolute atomic E-state index is 0.243. The molecule has 0 bridgehead atoms. The Kier molecular flexibility index (Phi) is 9.10. The lowest BCUT2D eigenvalue weighted by Gasteiger charge is -2.13. The third-order valence-corrected chi connectivity index (χ3v) is 3.53. The van der Waals surface area contributed by atoms with E-state index in [2.05, 4.69) is 5.32 Å². The molecule has 1 aliphatic heterocycles. The first kappa shape index (κ1) is 20.5. The number of carboxylic acids is 1. The van der Waals surface area contributed by atoms with Crippen LogP contribution in [0.4, 0.5) is 0 Å². The first-order valence-corrected chi connectivity index (χ1v) is 7.99. The Morgan fingerprint density at radius 2 is 1.52 bits per heavy atom. The van der Waals surface area contributed by atoms with Gasteiger partial charge < -0.3 is 24.6 Å². The summed E-state index contributed by atoms with van der Waals surface area (Å²) < 4.78 is 15.3. The summed E-state index contributed by atoms with van der Waals surface area (Å²) in [5.41, 5.74) is 0.243. The van der Waals surface area contributed by atoms with Gasteiger partial charge in [0, 0.05) is 11.6 Å². The second-order valence-corrected chi connectivity index (χ2v) is 5.26. The number of benzene rings is 1. The van der Waals surface area contributed by atoms with E-state index in [0.717, 1.165) is 12.2 Å². The summed E-state index contributed by atoms with van der Waals surface area (Å²) in [7, 11) is 4.31.